The lowest BCUT2D eigenvalue weighted by molar-refractivity contribution is -0.163. The summed E-state index contributed by atoms with van der Waals surface area (Å²) in [6.45, 7) is 7.20. The highest BCUT2D eigenvalue weighted by molar-refractivity contribution is 7.54. The highest BCUT2D eigenvalue weighted by atomic mass is 35.5. The third-order valence-corrected chi connectivity index (χ3v) is 5.60. The maximum absolute atomic E-state index is 12.8. The van der Waals surface area contributed by atoms with Gasteiger partial charge in [0.05, 0.1) is 18.4 Å². The van der Waals surface area contributed by atoms with Gasteiger partial charge in [-0.2, -0.15) is 0 Å². The Labute approximate surface area is 125 Å². The predicted octanol–water partition coefficient (Wildman–Crippen LogP) is 3.73. The van der Waals surface area contributed by atoms with Gasteiger partial charge in [0, 0.05) is 0 Å². The minimum atomic E-state index is -3.31. The monoisotopic (exact) mass is 326 g/mol. The molecule has 0 aromatic heterocycles. The van der Waals surface area contributed by atoms with E-state index in [0.29, 0.717) is 12.8 Å². The molecule has 0 bridgehead atoms. The summed E-state index contributed by atoms with van der Waals surface area (Å²) in [5.74, 6) is -0.700. The van der Waals surface area contributed by atoms with E-state index in [4.69, 9.17) is 25.4 Å². The summed E-state index contributed by atoms with van der Waals surface area (Å²) in [4.78, 5) is 11.4. The summed E-state index contributed by atoms with van der Waals surface area (Å²) in [6, 6.07) is 0. The first kappa shape index (κ1) is 18.0. The van der Waals surface area contributed by atoms with Gasteiger partial charge >= 0.3 is 13.6 Å². The summed E-state index contributed by atoms with van der Waals surface area (Å²) in [7, 11) is -3.31. The molecule has 0 heterocycles. The molecule has 0 unspecified atom stereocenters. The Balaban J connectivity index is 2.81. The third kappa shape index (κ3) is 5.36. The normalized spacial score (nSPS) is 18.1. The van der Waals surface area contributed by atoms with Crippen LogP contribution in [0.2, 0.25) is 0 Å². The van der Waals surface area contributed by atoms with Gasteiger partial charge in [0.2, 0.25) is 0 Å². The van der Waals surface area contributed by atoms with E-state index >= 15 is 0 Å². The van der Waals surface area contributed by atoms with Crippen LogP contribution in [-0.4, -0.2) is 35.8 Å². The number of rotatable bonds is 8. The van der Waals surface area contributed by atoms with Crippen LogP contribution in [0.5, 0.6) is 0 Å². The van der Waals surface area contributed by atoms with Crippen molar-refractivity contribution in [1.82, 2.24) is 0 Å². The first-order chi connectivity index (χ1) is 9.20. The molecule has 0 N–H and O–H groups in total. The minimum absolute atomic E-state index is 0.0962. The van der Waals surface area contributed by atoms with E-state index in [1.165, 1.54) is 0 Å². The smallest absolute Gasteiger partial charge is 0.335 e. The maximum Gasteiger partial charge on any atom is 0.335 e. The third-order valence-electron chi connectivity index (χ3n) is 2.93. The van der Waals surface area contributed by atoms with E-state index in [9.17, 15) is 9.36 Å². The number of carbonyl (C=O) groups excluding carboxylic acids is 1. The van der Waals surface area contributed by atoms with Crippen LogP contribution in [0, 0.1) is 0 Å². The lowest BCUT2D eigenvalue weighted by Crippen LogP contribution is -2.46. The first-order valence-electron chi connectivity index (χ1n) is 6.94. The number of hydrogen-bond acceptors (Lipinski definition) is 5. The molecule has 1 fully saturated rings. The Morgan fingerprint density at radius 2 is 1.70 bits per heavy atom. The van der Waals surface area contributed by atoms with Gasteiger partial charge in [-0.15, -0.1) is 11.6 Å². The largest absolute Gasteiger partial charge is 0.457 e. The van der Waals surface area contributed by atoms with Crippen LogP contribution in [0.1, 0.15) is 47.0 Å². The molecule has 0 atom stereocenters. The number of halogens is 1. The molecule has 1 rings (SSSR count). The predicted molar refractivity (Wildman–Crippen MR) is 78.3 cm³/mol. The van der Waals surface area contributed by atoms with Gasteiger partial charge in [0.25, 0.3) is 0 Å². The number of ether oxygens (including phenoxy) is 1. The highest BCUT2D eigenvalue weighted by Gasteiger charge is 2.48. The van der Waals surface area contributed by atoms with Gasteiger partial charge in [0.15, 0.2) is 0 Å². The fraction of sp³-hybridized carbons (Fsp3) is 0.923. The Morgan fingerprint density at radius 1 is 1.20 bits per heavy atom. The van der Waals surface area contributed by atoms with Crippen molar-refractivity contribution in [2.75, 3.05) is 12.0 Å². The van der Waals surface area contributed by atoms with Crippen molar-refractivity contribution in [2.24, 2.45) is 0 Å². The van der Waals surface area contributed by atoms with Crippen LogP contribution in [0.25, 0.3) is 0 Å². The number of hydrogen-bond donors (Lipinski definition) is 0. The van der Waals surface area contributed by atoms with Crippen LogP contribution in [0.4, 0.5) is 0 Å². The molecular formula is C13H24ClO5P. The summed E-state index contributed by atoms with van der Waals surface area (Å²) < 4.78 is 29.2. The van der Waals surface area contributed by atoms with Gasteiger partial charge in [-0.25, -0.2) is 0 Å². The minimum Gasteiger partial charge on any atom is -0.457 e. The topological polar surface area (TPSA) is 61.8 Å². The lowest BCUT2D eigenvalue weighted by Gasteiger charge is -2.42. The van der Waals surface area contributed by atoms with Crippen molar-refractivity contribution in [3.8, 4) is 0 Å². The molecule has 0 saturated heterocycles. The van der Waals surface area contributed by atoms with Gasteiger partial charge < -0.3 is 13.8 Å². The zero-order valence-corrected chi connectivity index (χ0v) is 14.2. The zero-order valence-electron chi connectivity index (χ0n) is 12.6. The van der Waals surface area contributed by atoms with Gasteiger partial charge in [-0.1, -0.05) is 0 Å². The highest BCUT2D eigenvalue weighted by Crippen LogP contribution is 2.56. The van der Waals surface area contributed by atoms with Crippen LogP contribution in [-0.2, 0) is 23.1 Å². The second-order valence-corrected chi connectivity index (χ2v) is 7.95. The molecule has 0 spiro atoms. The van der Waals surface area contributed by atoms with E-state index < -0.39 is 19.2 Å². The Morgan fingerprint density at radius 3 is 2.00 bits per heavy atom. The molecule has 20 heavy (non-hydrogen) atoms. The lowest BCUT2D eigenvalue weighted by atomic mass is 9.81. The number of esters is 1. The van der Waals surface area contributed by atoms with Crippen LogP contribution < -0.4 is 0 Å². The molecule has 1 aliphatic carbocycles. The Kier molecular flexibility index (Phi) is 6.52. The van der Waals surface area contributed by atoms with Gasteiger partial charge in [0.1, 0.15) is 11.5 Å². The molecule has 0 aromatic rings. The quantitative estimate of drug-likeness (QED) is 0.386. The van der Waals surface area contributed by atoms with E-state index in [1.54, 1.807) is 27.7 Å². The molecule has 1 aliphatic rings. The molecule has 0 radical (unpaired) electrons. The molecule has 0 amide bonds. The standard InChI is InChI=1S/C13H24ClO5P/c1-10(2)18-20(16,19-11(3)4)9-13(6-5-7-13)17-12(15)8-14/h10-11H,5-9H2,1-4H3. The fourth-order valence-corrected chi connectivity index (χ4v) is 4.85. The van der Waals surface area contributed by atoms with Gasteiger partial charge in [-0.3, -0.25) is 9.36 Å². The van der Waals surface area contributed by atoms with Crippen molar-refractivity contribution in [2.45, 2.75) is 64.8 Å². The summed E-state index contributed by atoms with van der Waals surface area (Å²) >= 11 is 5.47. The Hall–Kier alpha value is -0.0900. The van der Waals surface area contributed by atoms with Crippen molar-refractivity contribution >= 4 is 25.2 Å². The second kappa shape index (κ2) is 7.26. The van der Waals surface area contributed by atoms with Crippen LogP contribution >= 0.6 is 19.2 Å². The van der Waals surface area contributed by atoms with Crippen LogP contribution in [0.15, 0.2) is 0 Å². The van der Waals surface area contributed by atoms with Crippen molar-refractivity contribution in [1.29, 1.82) is 0 Å². The molecule has 118 valence electrons. The number of carbonyl (C=O) groups is 1. The van der Waals surface area contributed by atoms with Crippen molar-refractivity contribution in [3.05, 3.63) is 0 Å². The average Bonchev–Trinajstić information content (AvgIpc) is 2.22. The van der Waals surface area contributed by atoms with E-state index in [0.717, 1.165) is 6.42 Å². The fourth-order valence-electron chi connectivity index (χ4n) is 2.23. The summed E-state index contributed by atoms with van der Waals surface area (Å²) in [6.07, 6.45) is 1.92. The van der Waals surface area contributed by atoms with Gasteiger partial charge in [-0.05, 0) is 47.0 Å². The maximum atomic E-state index is 12.8. The molecule has 1 saturated carbocycles. The van der Waals surface area contributed by atoms with E-state index in [1.807, 2.05) is 0 Å². The van der Waals surface area contributed by atoms with Crippen LogP contribution in [0.3, 0.4) is 0 Å². The second-order valence-electron chi connectivity index (χ2n) is 5.72. The first-order valence-corrected chi connectivity index (χ1v) is 9.20. The summed E-state index contributed by atoms with van der Waals surface area (Å²) in [5, 5.41) is 0. The molecule has 7 heteroatoms. The Bertz CT molecular complexity index is 365. The average molecular weight is 327 g/mol. The van der Waals surface area contributed by atoms with E-state index in [-0.39, 0.29) is 24.2 Å². The number of alkyl halides is 1. The molecule has 0 aromatic carbocycles. The molecular weight excluding hydrogens is 303 g/mol. The molecule has 0 aliphatic heterocycles. The molecule has 5 nitrogen and oxygen atoms in total. The SMILES string of the molecule is CC(C)OP(=O)(CC1(OC(=O)CCl)CCC1)OC(C)C. The van der Waals surface area contributed by atoms with E-state index in [2.05, 4.69) is 0 Å². The van der Waals surface area contributed by atoms with Crippen molar-refractivity contribution in [3.63, 3.8) is 0 Å². The zero-order chi connectivity index (χ0) is 15.4. The van der Waals surface area contributed by atoms with Crippen molar-refractivity contribution < 1.29 is 23.1 Å². The summed E-state index contributed by atoms with van der Waals surface area (Å²) in [5.41, 5.74) is -0.745.